The van der Waals surface area contributed by atoms with Crippen molar-refractivity contribution in [3.05, 3.63) is 12.7 Å². The Morgan fingerprint density at radius 1 is 2.00 bits per heavy atom. The highest BCUT2D eigenvalue weighted by molar-refractivity contribution is 5.48. The Labute approximate surface area is 48.9 Å². The van der Waals surface area contributed by atoms with Gasteiger partial charge < -0.3 is 4.74 Å². The van der Waals surface area contributed by atoms with Crippen molar-refractivity contribution >= 4 is 6.40 Å². The van der Waals surface area contributed by atoms with Gasteiger partial charge in [-0.3, -0.25) is 0 Å². The Morgan fingerprint density at radius 3 is 3.38 bits per heavy atom. The van der Waals surface area contributed by atoms with Crippen molar-refractivity contribution in [1.29, 1.82) is 0 Å². The smallest absolute Gasteiger partial charge is 0.273 e. The van der Waals surface area contributed by atoms with Crippen molar-refractivity contribution in [2.75, 3.05) is 6.61 Å². The molecule has 8 heavy (non-hydrogen) atoms. The first-order valence-corrected chi connectivity index (χ1v) is 2.61. The molecule has 1 unspecified atom stereocenters. The summed E-state index contributed by atoms with van der Waals surface area (Å²) in [6, 6.07) is 0.285. The summed E-state index contributed by atoms with van der Waals surface area (Å²) in [7, 11) is 0. The molecule has 1 aliphatic rings. The Hall–Kier alpha value is -0.790. The fourth-order valence-electron chi connectivity index (χ4n) is 0.596. The maximum Gasteiger partial charge on any atom is 0.273 e. The summed E-state index contributed by atoms with van der Waals surface area (Å²) >= 11 is 0. The second kappa shape index (κ2) is 2.50. The number of aliphatic imine (C=N–C) groups is 1. The summed E-state index contributed by atoms with van der Waals surface area (Å²) in [6.07, 6.45) is 5.17. The van der Waals surface area contributed by atoms with Crippen LogP contribution in [0, 0.1) is 0 Å². The van der Waals surface area contributed by atoms with Gasteiger partial charge in [0.05, 0.1) is 6.04 Å². The van der Waals surface area contributed by atoms with E-state index in [0.29, 0.717) is 6.61 Å². The molecule has 0 saturated heterocycles. The highest BCUT2D eigenvalue weighted by Gasteiger charge is 2.08. The average Bonchev–Trinajstić information content (AvgIpc) is 2.19. The predicted octanol–water partition coefficient (Wildman–Crippen LogP) is 0.867. The van der Waals surface area contributed by atoms with Crippen LogP contribution >= 0.6 is 0 Å². The largest absolute Gasteiger partial charge is 0.472 e. The van der Waals surface area contributed by atoms with E-state index in [-0.39, 0.29) is 6.04 Å². The second-order valence-electron chi connectivity index (χ2n) is 1.71. The van der Waals surface area contributed by atoms with Crippen molar-refractivity contribution in [2.45, 2.75) is 12.5 Å². The fourth-order valence-corrected chi connectivity index (χ4v) is 0.596. The third-order valence-corrected chi connectivity index (χ3v) is 1.01. The molecule has 43 valence electrons. The lowest BCUT2D eigenvalue weighted by Gasteiger charge is -1.96. The maximum absolute atomic E-state index is 4.75. The normalized spacial score (nSPS) is 25.2. The first-order chi connectivity index (χ1) is 3.93. The zero-order valence-corrected chi connectivity index (χ0v) is 4.63. The lowest BCUT2D eigenvalue weighted by molar-refractivity contribution is 0.328. The quantitative estimate of drug-likeness (QED) is 0.483. The Morgan fingerprint density at radius 2 is 2.88 bits per heavy atom. The molecule has 0 aromatic carbocycles. The summed E-state index contributed by atoms with van der Waals surface area (Å²) in [5.74, 6) is 0. The van der Waals surface area contributed by atoms with Crippen LogP contribution in [0.15, 0.2) is 17.6 Å². The molecule has 0 spiro atoms. The number of ether oxygens (including phenoxy) is 1. The molecule has 1 rings (SSSR count). The fraction of sp³-hybridized carbons (Fsp3) is 0.500. The molecule has 0 bridgehead atoms. The molecule has 0 aromatic heterocycles. The van der Waals surface area contributed by atoms with E-state index in [1.807, 2.05) is 6.08 Å². The van der Waals surface area contributed by atoms with Crippen molar-refractivity contribution in [1.82, 2.24) is 0 Å². The average molecular weight is 110 g/mol. The van der Waals surface area contributed by atoms with E-state index in [9.17, 15) is 0 Å². The van der Waals surface area contributed by atoms with Crippen LogP contribution < -0.4 is 0 Å². The molecule has 2 heteroatoms. The van der Waals surface area contributed by atoms with Gasteiger partial charge in [0, 0.05) is 0 Å². The van der Waals surface area contributed by atoms with Gasteiger partial charge in [0.1, 0.15) is 6.61 Å². The predicted molar refractivity (Wildman–Crippen MR) is 32.0 cm³/mol. The van der Waals surface area contributed by atoms with Crippen molar-refractivity contribution in [2.24, 2.45) is 4.99 Å². The van der Waals surface area contributed by atoms with Crippen LogP contribution in [0.2, 0.25) is 0 Å². The molecular weight excluding hydrogens is 102 g/mol. The first kappa shape index (κ1) is 5.35. The summed E-state index contributed by atoms with van der Waals surface area (Å²) < 4.78 is 4.75. The second-order valence-corrected chi connectivity index (χ2v) is 1.71. The van der Waals surface area contributed by atoms with E-state index in [1.165, 1.54) is 0 Å². The summed E-state index contributed by atoms with van der Waals surface area (Å²) in [4.78, 5) is 3.88. The van der Waals surface area contributed by atoms with Gasteiger partial charge in [-0.2, -0.15) is 0 Å². The molecule has 1 radical (unpaired) electrons. The van der Waals surface area contributed by atoms with Crippen LogP contribution in [0.5, 0.6) is 0 Å². The maximum atomic E-state index is 4.75. The lowest BCUT2D eigenvalue weighted by Crippen LogP contribution is -2.03. The molecule has 1 heterocycles. The molecule has 0 aromatic rings. The standard InChI is InChI=1S/C6H8NO/c1-2-3-6-4-8-5-7-6/h2,6H,1,3-4H2. The van der Waals surface area contributed by atoms with Crippen molar-refractivity contribution < 1.29 is 4.74 Å². The van der Waals surface area contributed by atoms with Crippen LogP contribution in [0.1, 0.15) is 6.42 Å². The van der Waals surface area contributed by atoms with Crippen molar-refractivity contribution in [3.8, 4) is 0 Å². The zero-order valence-electron chi connectivity index (χ0n) is 4.63. The van der Waals surface area contributed by atoms with E-state index in [2.05, 4.69) is 18.0 Å². The van der Waals surface area contributed by atoms with E-state index in [4.69, 9.17) is 4.74 Å². The molecule has 1 aliphatic heterocycles. The number of hydrogen-bond donors (Lipinski definition) is 0. The number of rotatable bonds is 2. The third-order valence-electron chi connectivity index (χ3n) is 1.01. The Bertz CT molecular complexity index is 109. The summed E-state index contributed by atoms with van der Waals surface area (Å²) in [5.41, 5.74) is 0. The zero-order chi connectivity index (χ0) is 5.82. The van der Waals surface area contributed by atoms with Gasteiger partial charge in [0.25, 0.3) is 6.40 Å². The minimum absolute atomic E-state index is 0.285. The molecule has 2 nitrogen and oxygen atoms in total. The monoisotopic (exact) mass is 110 g/mol. The van der Waals surface area contributed by atoms with Crippen LogP contribution in [-0.4, -0.2) is 19.0 Å². The van der Waals surface area contributed by atoms with E-state index in [1.54, 1.807) is 0 Å². The van der Waals surface area contributed by atoms with Gasteiger partial charge >= 0.3 is 0 Å². The molecule has 0 saturated carbocycles. The summed E-state index contributed by atoms with van der Waals surface area (Å²) in [6.45, 7) is 4.25. The Kier molecular flexibility index (Phi) is 1.67. The molecule has 0 amide bonds. The van der Waals surface area contributed by atoms with Gasteiger partial charge in [0.2, 0.25) is 0 Å². The third kappa shape index (κ3) is 1.09. The van der Waals surface area contributed by atoms with Gasteiger partial charge in [-0.1, -0.05) is 6.08 Å². The van der Waals surface area contributed by atoms with Crippen LogP contribution in [0.3, 0.4) is 0 Å². The minimum atomic E-state index is 0.285. The number of hydrogen-bond acceptors (Lipinski definition) is 2. The van der Waals surface area contributed by atoms with E-state index < -0.39 is 0 Å². The van der Waals surface area contributed by atoms with Gasteiger partial charge in [-0.05, 0) is 6.42 Å². The van der Waals surface area contributed by atoms with E-state index in [0.717, 1.165) is 6.42 Å². The lowest BCUT2D eigenvalue weighted by atomic mass is 10.2. The van der Waals surface area contributed by atoms with Crippen LogP contribution in [0.4, 0.5) is 0 Å². The van der Waals surface area contributed by atoms with Crippen molar-refractivity contribution in [3.63, 3.8) is 0 Å². The topological polar surface area (TPSA) is 21.6 Å². The highest BCUT2D eigenvalue weighted by atomic mass is 16.5. The molecule has 0 fully saturated rings. The SMILES string of the molecule is C=CCC1CO[C]=N1. The van der Waals surface area contributed by atoms with E-state index >= 15 is 0 Å². The molecule has 1 atom stereocenters. The molecular formula is C6H8NO. The molecule has 0 aliphatic carbocycles. The van der Waals surface area contributed by atoms with Crippen LogP contribution in [0.25, 0.3) is 0 Å². The van der Waals surface area contributed by atoms with Gasteiger partial charge in [-0.15, -0.1) is 6.58 Å². The van der Waals surface area contributed by atoms with Gasteiger partial charge in [-0.25, -0.2) is 4.99 Å². The first-order valence-electron chi connectivity index (χ1n) is 2.61. The van der Waals surface area contributed by atoms with Gasteiger partial charge in [0.15, 0.2) is 0 Å². The highest BCUT2D eigenvalue weighted by Crippen LogP contribution is 2.02. The minimum Gasteiger partial charge on any atom is -0.472 e. The Balaban J connectivity index is 2.25. The number of nitrogens with zero attached hydrogens (tertiary/aromatic N) is 1. The molecule has 0 N–H and O–H groups in total. The summed E-state index contributed by atoms with van der Waals surface area (Å²) in [5, 5.41) is 0. The van der Waals surface area contributed by atoms with Crippen LogP contribution in [-0.2, 0) is 4.74 Å².